The molecule has 0 radical (unpaired) electrons. The molecule has 0 aliphatic heterocycles. The van der Waals surface area contributed by atoms with Crippen LogP contribution in [0.5, 0.6) is 0 Å². The first kappa shape index (κ1) is 10.9. The van der Waals surface area contributed by atoms with Gasteiger partial charge in [-0.05, 0) is 6.92 Å². The van der Waals surface area contributed by atoms with E-state index in [0.29, 0.717) is 5.76 Å². The molecule has 0 saturated heterocycles. The number of carbonyl (C=O) groups excluding carboxylic acids is 1. The van der Waals surface area contributed by atoms with Gasteiger partial charge in [0.1, 0.15) is 11.3 Å². The average molecular weight is 236 g/mol. The first-order valence-corrected chi connectivity index (χ1v) is 4.63. The lowest BCUT2D eigenvalue weighted by Gasteiger charge is -1.98. The largest absolute Gasteiger partial charge is 0.360 e. The molecule has 0 fully saturated rings. The van der Waals surface area contributed by atoms with Crippen molar-refractivity contribution in [3.05, 3.63) is 44.4 Å². The number of hydrogen-bond acceptors (Lipinski definition) is 5. The van der Waals surface area contributed by atoms with Crippen molar-refractivity contribution in [2.45, 2.75) is 6.92 Å². The second-order valence-corrected chi connectivity index (χ2v) is 3.26. The van der Waals surface area contributed by atoms with Crippen molar-refractivity contribution in [1.29, 1.82) is 0 Å². The Morgan fingerprint density at radius 1 is 1.47 bits per heavy atom. The van der Waals surface area contributed by atoms with Crippen LogP contribution in [0.4, 0.5) is 5.82 Å². The predicted octanol–water partition coefficient (Wildman–Crippen LogP) is -0.388. The molecule has 0 spiro atoms. The molecule has 88 valence electrons. The summed E-state index contributed by atoms with van der Waals surface area (Å²) in [6.45, 7) is 1.66. The van der Waals surface area contributed by atoms with Crippen LogP contribution < -0.4 is 16.6 Å². The highest BCUT2D eigenvalue weighted by Gasteiger charge is 2.12. The van der Waals surface area contributed by atoms with E-state index in [4.69, 9.17) is 4.52 Å². The standard InChI is InChI=1S/C9H8N4O4/c1-4-2-6(13-17-4)11-7(14)5-3-10-9(16)12-8(5)15/h2-3H,1H3,(H,11,13,14)(H2,10,12,15,16). The summed E-state index contributed by atoms with van der Waals surface area (Å²) in [7, 11) is 0. The van der Waals surface area contributed by atoms with Crippen molar-refractivity contribution >= 4 is 11.7 Å². The smallest absolute Gasteiger partial charge is 0.325 e. The van der Waals surface area contributed by atoms with E-state index < -0.39 is 17.2 Å². The number of aromatic nitrogens is 3. The molecule has 0 unspecified atom stereocenters. The molecule has 17 heavy (non-hydrogen) atoms. The quantitative estimate of drug-likeness (QED) is 0.655. The van der Waals surface area contributed by atoms with Gasteiger partial charge in [-0.1, -0.05) is 5.16 Å². The lowest BCUT2D eigenvalue weighted by molar-refractivity contribution is 0.102. The van der Waals surface area contributed by atoms with Gasteiger partial charge in [0.15, 0.2) is 5.82 Å². The van der Waals surface area contributed by atoms with Crippen LogP contribution in [0.1, 0.15) is 16.1 Å². The van der Waals surface area contributed by atoms with Gasteiger partial charge in [-0.15, -0.1) is 0 Å². The summed E-state index contributed by atoms with van der Waals surface area (Å²) in [6.07, 6.45) is 1.03. The number of aromatic amines is 2. The zero-order chi connectivity index (χ0) is 12.4. The Morgan fingerprint density at radius 3 is 2.82 bits per heavy atom. The maximum atomic E-state index is 11.6. The number of aryl methyl sites for hydroxylation is 1. The third-order valence-corrected chi connectivity index (χ3v) is 1.93. The van der Waals surface area contributed by atoms with E-state index in [-0.39, 0.29) is 11.4 Å². The first-order chi connectivity index (χ1) is 8.06. The molecule has 2 rings (SSSR count). The van der Waals surface area contributed by atoms with E-state index in [1.54, 1.807) is 6.92 Å². The maximum absolute atomic E-state index is 11.6. The van der Waals surface area contributed by atoms with Gasteiger partial charge in [-0.25, -0.2) is 4.79 Å². The molecule has 0 atom stereocenters. The fourth-order valence-electron chi connectivity index (χ4n) is 1.19. The van der Waals surface area contributed by atoms with Gasteiger partial charge in [-0.3, -0.25) is 14.6 Å². The van der Waals surface area contributed by atoms with Crippen molar-refractivity contribution in [2.24, 2.45) is 0 Å². The topological polar surface area (TPSA) is 121 Å². The molecule has 0 aromatic carbocycles. The number of nitrogens with zero attached hydrogens (tertiary/aromatic N) is 1. The minimum Gasteiger partial charge on any atom is -0.360 e. The summed E-state index contributed by atoms with van der Waals surface area (Å²) in [5, 5.41) is 5.89. The molecule has 0 aliphatic rings. The van der Waals surface area contributed by atoms with Crippen LogP contribution in [0.25, 0.3) is 0 Å². The Kier molecular flexibility index (Phi) is 2.61. The van der Waals surface area contributed by atoms with E-state index in [0.717, 1.165) is 6.20 Å². The number of carbonyl (C=O) groups is 1. The second-order valence-electron chi connectivity index (χ2n) is 3.26. The molecule has 8 heteroatoms. The van der Waals surface area contributed by atoms with Gasteiger partial charge in [0, 0.05) is 12.3 Å². The molecule has 0 bridgehead atoms. The van der Waals surface area contributed by atoms with Crippen LogP contribution in [0.3, 0.4) is 0 Å². The van der Waals surface area contributed by atoms with Gasteiger partial charge < -0.3 is 14.8 Å². The van der Waals surface area contributed by atoms with Crippen molar-refractivity contribution in [2.75, 3.05) is 5.32 Å². The van der Waals surface area contributed by atoms with Crippen LogP contribution in [-0.4, -0.2) is 21.0 Å². The van der Waals surface area contributed by atoms with Crippen molar-refractivity contribution in [3.63, 3.8) is 0 Å². The Bertz CT molecular complexity index is 666. The molecule has 0 saturated carbocycles. The third kappa shape index (κ3) is 2.30. The molecule has 2 aromatic rings. The minimum absolute atomic E-state index is 0.193. The summed E-state index contributed by atoms with van der Waals surface area (Å²) in [5.74, 6) is 0.0320. The maximum Gasteiger partial charge on any atom is 0.325 e. The Labute approximate surface area is 93.7 Å². The summed E-state index contributed by atoms with van der Waals surface area (Å²) in [5.41, 5.74) is -1.67. The van der Waals surface area contributed by atoms with Gasteiger partial charge in [0.25, 0.3) is 11.5 Å². The molecule has 2 aromatic heterocycles. The van der Waals surface area contributed by atoms with Crippen LogP contribution in [0.2, 0.25) is 0 Å². The molecule has 8 nitrogen and oxygen atoms in total. The SMILES string of the molecule is Cc1cc(NC(=O)c2c[nH]c(=O)[nH]c2=O)no1. The molecule has 3 N–H and O–H groups in total. The lowest BCUT2D eigenvalue weighted by atomic mass is 10.3. The molecule has 2 heterocycles. The summed E-state index contributed by atoms with van der Waals surface area (Å²) in [4.78, 5) is 37.8. The van der Waals surface area contributed by atoms with E-state index in [2.05, 4.69) is 15.5 Å². The van der Waals surface area contributed by atoms with Gasteiger partial charge in [0.2, 0.25) is 0 Å². The molecule has 0 aliphatic carbocycles. The summed E-state index contributed by atoms with van der Waals surface area (Å²) >= 11 is 0. The molecular weight excluding hydrogens is 228 g/mol. The van der Waals surface area contributed by atoms with Crippen LogP contribution >= 0.6 is 0 Å². The number of rotatable bonds is 2. The van der Waals surface area contributed by atoms with Gasteiger partial charge >= 0.3 is 5.69 Å². The van der Waals surface area contributed by atoms with E-state index >= 15 is 0 Å². The predicted molar refractivity (Wildman–Crippen MR) is 56.9 cm³/mol. The lowest BCUT2D eigenvalue weighted by Crippen LogP contribution is -2.29. The van der Waals surface area contributed by atoms with Crippen LogP contribution in [0.15, 0.2) is 26.4 Å². The minimum atomic E-state index is -0.772. The fraction of sp³-hybridized carbons (Fsp3) is 0.111. The highest BCUT2D eigenvalue weighted by molar-refractivity contribution is 6.03. The number of amides is 1. The Hall–Kier alpha value is -2.64. The second kappa shape index (κ2) is 4.08. The molecular formula is C9H8N4O4. The summed E-state index contributed by atoms with van der Waals surface area (Å²) in [6, 6.07) is 1.50. The van der Waals surface area contributed by atoms with Gasteiger partial charge in [0.05, 0.1) is 0 Å². The molecule has 1 amide bonds. The number of nitrogens with one attached hydrogen (secondary N) is 3. The van der Waals surface area contributed by atoms with Crippen molar-refractivity contribution < 1.29 is 9.32 Å². The number of hydrogen-bond donors (Lipinski definition) is 3. The Morgan fingerprint density at radius 2 is 2.24 bits per heavy atom. The zero-order valence-corrected chi connectivity index (χ0v) is 8.73. The van der Waals surface area contributed by atoms with E-state index in [1.807, 2.05) is 4.98 Å². The highest BCUT2D eigenvalue weighted by Crippen LogP contribution is 2.07. The van der Waals surface area contributed by atoms with Crippen molar-refractivity contribution in [1.82, 2.24) is 15.1 Å². The zero-order valence-electron chi connectivity index (χ0n) is 8.73. The number of H-pyrrole nitrogens is 2. The van der Waals surface area contributed by atoms with E-state index in [1.165, 1.54) is 6.07 Å². The summed E-state index contributed by atoms with van der Waals surface area (Å²) < 4.78 is 4.74. The third-order valence-electron chi connectivity index (χ3n) is 1.93. The average Bonchev–Trinajstić information content (AvgIpc) is 2.63. The first-order valence-electron chi connectivity index (χ1n) is 4.63. The van der Waals surface area contributed by atoms with Gasteiger partial charge in [-0.2, -0.15) is 0 Å². The number of anilines is 1. The fourth-order valence-corrected chi connectivity index (χ4v) is 1.19. The highest BCUT2D eigenvalue weighted by atomic mass is 16.5. The van der Waals surface area contributed by atoms with Crippen molar-refractivity contribution in [3.8, 4) is 0 Å². The van der Waals surface area contributed by atoms with Crippen LogP contribution in [0, 0.1) is 6.92 Å². The van der Waals surface area contributed by atoms with E-state index in [9.17, 15) is 14.4 Å². The van der Waals surface area contributed by atoms with Crippen LogP contribution in [-0.2, 0) is 0 Å². The normalized spacial score (nSPS) is 10.2. The Balaban J connectivity index is 2.26. The monoisotopic (exact) mass is 236 g/mol.